The van der Waals surface area contributed by atoms with Crippen LogP contribution in [0.1, 0.15) is 27.9 Å². The first-order valence-corrected chi connectivity index (χ1v) is 8.27. The summed E-state index contributed by atoms with van der Waals surface area (Å²) in [6.07, 6.45) is 1.55. The van der Waals surface area contributed by atoms with E-state index in [1.807, 2.05) is 14.1 Å². The van der Waals surface area contributed by atoms with Crippen LogP contribution in [0.4, 0.5) is 0 Å². The van der Waals surface area contributed by atoms with E-state index in [1.165, 1.54) is 4.90 Å². The van der Waals surface area contributed by atoms with E-state index >= 15 is 0 Å². The molecule has 3 heterocycles. The summed E-state index contributed by atoms with van der Waals surface area (Å²) in [6, 6.07) is 10.0. The number of carbonyl (C=O) groups excluding carboxylic acids is 1. The lowest BCUT2D eigenvalue weighted by Gasteiger charge is -2.23. The van der Waals surface area contributed by atoms with Gasteiger partial charge in [-0.05, 0) is 24.3 Å². The average Bonchev–Trinajstić information content (AvgIpc) is 3.21. The molecule has 1 amide bonds. The molecule has 2 aromatic heterocycles. The number of quaternary nitrogens is 1. The molecular formula is C19H19N2O4+. The highest BCUT2D eigenvalue weighted by molar-refractivity contribution is 5.98. The molecule has 6 heteroatoms. The van der Waals surface area contributed by atoms with Crippen LogP contribution in [0.2, 0.25) is 0 Å². The molecule has 0 aliphatic carbocycles. The van der Waals surface area contributed by atoms with Crippen LogP contribution >= 0.6 is 0 Å². The minimum atomic E-state index is -0.544. The van der Waals surface area contributed by atoms with Gasteiger partial charge in [0.05, 0.1) is 44.4 Å². The van der Waals surface area contributed by atoms with Crippen LogP contribution in [0, 0.1) is 0 Å². The van der Waals surface area contributed by atoms with E-state index in [1.54, 1.807) is 47.6 Å². The van der Waals surface area contributed by atoms with Crippen molar-refractivity contribution in [3.8, 4) is 0 Å². The number of hydrogen-bond acceptors (Lipinski definition) is 4. The zero-order chi connectivity index (χ0) is 17.6. The van der Waals surface area contributed by atoms with Crippen LogP contribution in [0.5, 0.6) is 0 Å². The third kappa shape index (κ3) is 2.46. The summed E-state index contributed by atoms with van der Waals surface area (Å²) >= 11 is 0. The summed E-state index contributed by atoms with van der Waals surface area (Å²) in [7, 11) is 4.04. The lowest BCUT2D eigenvalue weighted by atomic mass is 10.0. The largest absolute Gasteiger partial charge is 0.467 e. The fourth-order valence-electron chi connectivity index (χ4n) is 3.28. The number of fused-ring (bicyclic) bond motifs is 2. The highest BCUT2D eigenvalue weighted by Crippen LogP contribution is 2.37. The summed E-state index contributed by atoms with van der Waals surface area (Å²) < 4.78 is 11.4. The Morgan fingerprint density at radius 2 is 1.92 bits per heavy atom. The van der Waals surface area contributed by atoms with Gasteiger partial charge in [0.25, 0.3) is 5.91 Å². The zero-order valence-electron chi connectivity index (χ0n) is 14.1. The van der Waals surface area contributed by atoms with Gasteiger partial charge in [-0.1, -0.05) is 12.1 Å². The quantitative estimate of drug-likeness (QED) is 0.772. The van der Waals surface area contributed by atoms with Crippen LogP contribution in [-0.2, 0) is 0 Å². The molecule has 25 heavy (non-hydrogen) atoms. The molecule has 1 aromatic carbocycles. The minimum absolute atomic E-state index is 0.124. The van der Waals surface area contributed by atoms with E-state index in [0.717, 1.165) is 6.54 Å². The highest BCUT2D eigenvalue weighted by Gasteiger charge is 2.44. The van der Waals surface area contributed by atoms with Crippen LogP contribution in [0.15, 0.2) is 56.3 Å². The number of carbonyl (C=O) groups is 1. The first-order chi connectivity index (χ1) is 12.1. The number of hydrogen-bond donors (Lipinski definition) is 1. The summed E-state index contributed by atoms with van der Waals surface area (Å²) in [5.74, 6) is 0.433. The van der Waals surface area contributed by atoms with Crippen molar-refractivity contribution < 1.29 is 18.5 Å². The molecule has 0 fully saturated rings. The Balaban J connectivity index is 1.92. The molecule has 0 saturated heterocycles. The van der Waals surface area contributed by atoms with E-state index in [4.69, 9.17) is 8.83 Å². The second kappa shape index (κ2) is 5.89. The molecule has 0 unspecified atom stereocenters. The summed E-state index contributed by atoms with van der Waals surface area (Å²) in [5, 5.41) is 0.477. The molecular weight excluding hydrogens is 320 g/mol. The van der Waals surface area contributed by atoms with E-state index in [9.17, 15) is 9.59 Å². The van der Waals surface area contributed by atoms with Crippen LogP contribution in [-0.4, -0.2) is 38.0 Å². The Morgan fingerprint density at radius 3 is 2.64 bits per heavy atom. The fourth-order valence-corrected chi connectivity index (χ4v) is 3.28. The predicted octanol–water partition coefficient (Wildman–Crippen LogP) is 1.08. The van der Waals surface area contributed by atoms with Crippen molar-refractivity contribution in [2.24, 2.45) is 0 Å². The van der Waals surface area contributed by atoms with Crippen molar-refractivity contribution in [1.29, 1.82) is 0 Å². The second-order valence-corrected chi connectivity index (χ2v) is 6.54. The van der Waals surface area contributed by atoms with Crippen molar-refractivity contribution in [3.05, 3.63) is 70.0 Å². The monoisotopic (exact) mass is 339 g/mol. The van der Waals surface area contributed by atoms with Crippen molar-refractivity contribution in [2.45, 2.75) is 6.04 Å². The average molecular weight is 339 g/mol. The maximum absolute atomic E-state index is 13.1. The molecule has 128 valence electrons. The molecule has 0 saturated carbocycles. The molecule has 4 rings (SSSR count). The van der Waals surface area contributed by atoms with Crippen molar-refractivity contribution in [3.63, 3.8) is 0 Å². The van der Waals surface area contributed by atoms with Gasteiger partial charge >= 0.3 is 0 Å². The third-order valence-corrected chi connectivity index (χ3v) is 4.54. The topological polar surface area (TPSA) is 68.1 Å². The van der Waals surface area contributed by atoms with E-state index in [0.29, 0.717) is 28.8 Å². The maximum atomic E-state index is 13.1. The third-order valence-electron chi connectivity index (χ3n) is 4.54. The first-order valence-electron chi connectivity index (χ1n) is 8.27. The number of likely N-dealkylation sites (N-methyl/N-ethyl adjacent to an activating group) is 1. The van der Waals surface area contributed by atoms with Gasteiger partial charge in [0, 0.05) is 0 Å². The molecule has 1 N–H and O–H groups in total. The fraction of sp³-hybridized carbons (Fsp3) is 0.263. The molecule has 1 aliphatic rings. The van der Waals surface area contributed by atoms with Crippen LogP contribution in [0.25, 0.3) is 11.0 Å². The number of nitrogens with one attached hydrogen (secondary N) is 1. The number of para-hydroxylation sites is 1. The van der Waals surface area contributed by atoms with Crippen molar-refractivity contribution in [2.75, 3.05) is 27.2 Å². The van der Waals surface area contributed by atoms with Gasteiger partial charge in [0.15, 0.2) is 5.43 Å². The van der Waals surface area contributed by atoms with Gasteiger partial charge in [-0.15, -0.1) is 0 Å². The minimum Gasteiger partial charge on any atom is -0.467 e. The van der Waals surface area contributed by atoms with Gasteiger partial charge in [0.2, 0.25) is 5.76 Å². The van der Waals surface area contributed by atoms with E-state index < -0.39 is 6.04 Å². The lowest BCUT2D eigenvalue weighted by molar-refractivity contribution is -0.857. The number of nitrogens with zero attached hydrogens (tertiary/aromatic N) is 1. The Kier molecular flexibility index (Phi) is 3.69. The molecule has 0 spiro atoms. The normalized spacial score (nSPS) is 16.8. The van der Waals surface area contributed by atoms with Crippen LogP contribution < -0.4 is 10.3 Å². The molecule has 0 radical (unpaired) electrons. The van der Waals surface area contributed by atoms with Crippen molar-refractivity contribution in [1.82, 2.24) is 4.90 Å². The Morgan fingerprint density at radius 1 is 1.12 bits per heavy atom. The van der Waals surface area contributed by atoms with Gasteiger partial charge in [0.1, 0.15) is 17.4 Å². The number of benzene rings is 1. The standard InChI is InChI=1S/C19H18N2O4/c1-20(2)9-10-21-16(14-8-5-11-24-14)15-17(22)12-6-3-4-7-13(12)25-18(15)19(21)23/h3-8,11,16H,9-10H2,1-2H3/p+1/t16-/m1/s1. The molecule has 0 bridgehead atoms. The zero-order valence-corrected chi connectivity index (χ0v) is 14.1. The number of rotatable bonds is 4. The molecule has 1 atom stereocenters. The maximum Gasteiger partial charge on any atom is 0.291 e. The Labute approximate surface area is 144 Å². The second-order valence-electron chi connectivity index (χ2n) is 6.54. The van der Waals surface area contributed by atoms with E-state index in [-0.39, 0.29) is 17.1 Å². The SMILES string of the molecule is C[NH+](C)CCN1C(=O)c2oc3ccccc3c(=O)c2[C@H]1c1ccco1. The van der Waals surface area contributed by atoms with Gasteiger partial charge < -0.3 is 18.6 Å². The van der Waals surface area contributed by atoms with Crippen LogP contribution in [0.3, 0.4) is 0 Å². The molecule has 3 aromatic rings. The van der Waals surface area contributed by atoms with Gasteiger partial charge in [-0.2, -0.15) is 0 Å². The van der Waals surface area contributed by atoms with Crippen molar-refractivity contribution >= 4 is 16.9 Å². The Bertz CT molecular complexity index is 988. The van der Waals surface area contributed by atoms with E-state index in [2.05, 4.69) is 0 Å². The van der Waals surface area contributed by atoms with Gasteiger partial charge in [-0.25, -0.2) is 0 Å². The number of furan rings is 1. The summed E-state index contributed by atoms with van der Waals surface area (Å²) in [6.45, 7) is 1.26. The predicted molar refractivity (Wildman–Crippen MR) is 91.7 cm³/mol. The smallest absolute Gasteiger partial charge is 0.291 e. The molecule has 6 nitrogen and oxygen atoms in total. The summed E-state index contributed by atoms with van der Waals surface area (Å²) in [4.78, 5) is 28.9. The summed E-state index contributed by atoms with van der Waals surface area (Å²) in [5.41, 5.74) is 0.622. The lowest BCUT2D eigenvalue weighted by Crippen LogP contribution is -3.06. The Hall–Kier alpha value is -2.86. The van der Waals surface area contributed by atoms with Gasteiger partial charge in [-0.3, -0.25) is 9.59 Å². The highest BCUT2D eigenvalue weighted by atomic mass is 16.4. The first kappa shape index (κ1) is 15.7. The molecule has 1 aliphatic heterocycles. The number of amides is 1.